The van der Waals surface area contributed by atoms with E-state index in [1.54, 1.807) is 0 Å². The summed E-state index contributed by atoms with van der Waals surface area (Å²) in [6.45, 7) is 0. The highest BCUT2D eigenvalue weighted by Gasteiger charge is 2.31. The number of benzene rings is 1. The smallest absolute Gasteiger partial charge is 0.416 e. The molecule has 1 amide bonds. The molecule has 7 heteroatoms. The number of ether oxygens (including phenoxy) is 1. The molecule has 94 valence electrons. The highest BCUT2D eigenvalue weighted by molar-refractivity contribution is 7.81. The number of hydrogen-bond acceptors (Lipinski definition) is 3. The summed E-state index contributed by atoms with van der Waals surface area (Å²) in [6.07, 6.45) is -4.49. The van der Waals surface area contributed by atoms with E-state index in [1.807, 2.05) is 0 Å². The van der Waals surface area contributed by atoms with Gasteiger partial charge in [-0.05, 0) is 12.1 Å². The summed E-state index contributed by atoms with van der Waals surface area (Å²) >= 11 is 3.71. The maximum atomic E-state index is 12.5. The minimum atomic E-state index is -4.49. The van der Waals surface area contributed by atoms with Crippen LogP contribution in [0.25, 0.3) is 0 Å². The van der Waals surface area contributed by atoms with Crippen LogP contribution >= 0.6 is 12.6 Å². The van der Waals surface area contributed by atoms with E-state index in [0.717, 1.165) is 12.1 Å². The van der Waals surface area contributed by atoms with Crippen molar-refractivity contribution in [3.63, 3.8) is 0 Å². The van der Waals surface area contributed by atoms with Crippen molar-refractivity contribution < 1.29 is 22.7 Å². The number of amides is 1. The summed E-state index contributed by atoms with van der Waals surface area (Å²) < 4.78 is 42.3. The second-order valence-corrected chi connectivity index (χ2v) is 3.47. The molecule has 0 radical (unpaired) electrons. The maximum Gasteiger partial charge on any atom is 0.416 e. The fourth-order valence-corrected chi connectivity index (χ4v) is 1.23. The summed E-state index contributed by atoms with van der Waals surface area (Å²) in [5, 5.41) is 2.28. The first-order chi connectivity index (χ1) is 7.86. The normalized spacial score (nSPS) is 11.1. The second-order valence-electron chi connectivity index (χ2n) is 3.15. The number of rotatable bonds is 3. The van der Waals surface area contributed by atoms with Crippen LogP contribution in [0, 0.1) is 0 Å². The van der Waals surface area contributed by atoms with E-state index < -0.39 is 17.6 Å². The van der Waals surface area contributed by atoms with Crippen LogP contribution in [-0.4, -0.2) is 18.8 Å². The average molecular weight is 265 g/mol. The number of carbonyl (C=O) groups is 1. The van der Waals surface area contributed by atoms with Crippen molar-refractivity contribution in [3.05, 3.63) is 23.8 Å². The van der Waals surface area contributed by atoms with Gasteiger partial charge in [-0.2, -0.15) is 25.8 Å². The van der Waals surface area contributed by atoms with E-state index in [4.69, 9.17) is 4.74 Å². The van der Waals surface area contributed by atoms with Gasteiger partial charge in [0.15, 0.2) is 0 Å². The standard InChI is InChI=1S/C10H10F3NO2S/c1-16-8-3-6(10(11,12)13)2-7(4-8)14-9(15)5-17/h2-4,17H,5H2,1H3,(H,14,15). The molecule has 0 saturated carbocycles. The third kappa shape index (κ3) is 3.85. The first kappa shape index (κ1) is 13.7. The molecule has 1 aromatic carbocycles. The van der Waals surface area contributed by atoms with Gasteiger partial charge in [-0.25, -0.2) is 0 Å². The Labute approximate surface area is 101 Å². The van der Waals surface area contributed by atoms with Gasteiger partial charge in [0, 0.05) is 11.8 Å². The predicted octanol–water partition coefficient (Wildman–Crippen LogP) is 2.58. The molecule has 0 aliphatic carbocycles. The number of alkyl halides is 3. The number of hydrogen-bond donors (Lipinski definition) is 2. The van der Waals surface area contributed by atoms with Crippen LogP contribution in [0.5, 0.6) is 5.75 Å². The van der Waals surface area contributed by atoms with Crippen molar-refractivity contribution in [2.75, 3.05) is 18.2 Å². The Morgan fingerprint density at radius 3 is 2.53 bits per heavy atom. The van der Waals surface area contributed by atoms with Crippen LogP contribution in [0.3, 0.4) is 0 Å². The van der Waals surface area contributed by atoms with Gasteiger partial charge < -0.3 is 10.1 Å². The molecule has 0 fully saturated rings. The lowest BCUT2D eigenvalue weighted by Gasteiger charge is -2.12. The third-order valence-electron chi connectivity index (χ3n) is 1.90. The van der Waals surface area contributed by atoms with Crippen LogP contribution in [-0.2, 0) is 11.0 Å². The Hall–Kier alpha value is -1.37. The lowest BCUT2D eigenvalue weighted by Crippen LogP contribution is -2.14. The fourth-order valence-electron chi connectivity index (χ4n) is 1.15. The van der Waals surface area contributed by atoms with Crippen LogP contribution in [0.4, 0.5) is 18.9 Å². The van der Waals surface area contributed by atoms with Crippen molar-refractivity contribution in [2.24, 2.45) is 0 Å². The summed E-state index contributed by atoms with van der Waals surface area (Å²) in [5.74, 6) is -0.581. The Morgan fingerprint density at radius 1 is 1.41 bits per heavy atom. The Bertz CT molecular complexity index is 421. The summed E-state index contributed by atoms with van der Waals surface area (Å²) in [7, 11) is 1.25. The van der Waals surface area contributed by atoms with Crippen LogP contribution in [0.1, 0.15) is 5.56 Å². The minimum absolute atomic E-state index is 0.0225. The van der Waals surface area contributed by atoms with Gasteiger partial charge in [-0.1, -0.05) is 0 Å². The molecule has 1 N–H and O–H groups in total. The van der Waals surface area contributed by atoms with E-state index in [1.165, 1.54) is 13.2 Å². The molecule has 1 aromatic rings. The second kappa shape index (κ2) is 5.31. The highest BCUT2D eigenvalue weighted by Crippen LogP contribution is 2.34. The molecular weight excluding hydrogens is 255 g/mol. The minimum Gasteiger partial charge on any atom is -0.497 e. The number of nitrogens with one attached hydrogen (secondary N) is 1. The molecule has 0 unspecified atom stereocenters. The molecule has 0 aromatic heterocycles. The number of thiol groups is 1. The molecule has 3 nitrogen and oxygen atoms in total. The van der Waals surface area contributed by atoms with Gasteiger partial charge >= 0.3 is 6.18 Å². The van der Waals surface area contributed by atoms with E-state index in [9.17, 15) is 18.0 Å². The summed E-state index contributed by atoms with van der Waals surface area (Å²) in [5.41, 5.74) is -0.859. The van der Waals surface area contributed by atoms with E-state index in [2.05, 4.69) is 17.9 Å². The zero-order chi connectivity index (χ0) is 13.1. The molecule has 17 heavy (non-hydrogen) atoms. The summed E-state index contributed by atoms with van der Waals surface area (Å²) in [4.78, 5) is 11.0. The average Bonchev–Trinajstić information content (AvgIpc) is 2.27. The van der Waals surface area contributed by atoms with E-state index >= 15 is 0 Å². The molecule has 0 spiro atoms. The first-order valence-electron chi connectivity index (χ1n) is 4.54. The number of anilines is 1. The van der Waals surface area contributed by atoms with Crippen molar-refractivity contribution in [1.82, 2.24) is 0 Å². The largest absolute Gasteiger partial charge is 0.497 e. The third-order valence-corrected chi connectivity index (χ3v) is 2.18. The molecule has 0 aliphatic rings. The predicted molar refractivity (Wildman–Crippen MR) is 60.5 cm³/mol. The SMILES string of the molecule is COc1cc(NC(=O)CS)cc(C(F)(F)F)c1. The quantitative estimate of drug-likeness (QED) is 0.824. The number of carbonyl (C=O) groups excluding carboxylic acids is 1. The molecule has 0 saturated heterocycles. The molecule has 0 bridgehead atoms. The zero-order valence-electron chi connectivity index (χ0n) is 8.84. The maximum absolute atomic E-state index is 12.5. The highest BCUT2D eigenvalue weighted by atomic mass is 32.1. The number of methoxy groups -OCH3 is 1. The van der Waals surface area contributed by atoms with Crippen molar-refractivity contribution in [3.8, 4) is 5.75 Å². The Balaban J connectivity index is 3.10. The Kier molecular flexibility index (Phi) is 4.28. The van der Waals surface area contributed by atoms with Crippen LogP contribution < -0.4 is 10.1 Å². The zero-order valence-corrected chi connectivity index (χ0v) is 9.73. The fraction of sp³-hybridized carbons (Fsp3) is 0.300. The van der Waals surface area contributed by atoms with Crippen molar-refractivity contribution in [1.29, 1.82) is 0 Å². The van der Waals surface area contributed by atoms with Gasteiger partial charge in [0.05, 0.1) is 18.4 Å². The van der Waals surface area contributed by atoms with Gasteiger partial charge in [0.1, 0.15) is 5.75 Å². The Morgan fingerprint density at radius 2 is 2.06 bits per heavy atom. The molecule has 0 aliphatic heterocycles. The van der Waals surface area contributed by atoms with E-state index in [-0.39, 0.29) is 17.2 Å². The summed E-state index contributed by atoms with van der Waals surface area (Å²) in [6, 6.07) is 3.00. The van der Waals surface area contributed by atoms with Gasteiger partial charge in [-0.15, -0.1) is 0 Å². The van der Waals surface area contributed by atoms with E-state index in [0.29, 0.717) is 0 Å². The molecule has 0 heterocycles. The van der Waals surface area contributed by atoms with Gasteiger partial charge in [0.2, 0.25) is 5.91 Å². The van der Waals surface area contributed by atoms with Crippen LogP contribution in [0.15, 0.2) is 18.2 Å². The lowest BCUT2D eigenvalue weighted by molar-refractivity contribution is -0.137. The van der Waals surface area contributed by atoms with Crippen molar-refractivity contribution in [2.45, 2.75) is 6.18 Å². The lowest BCUT2D eigenvalue weighted by atomic mass is 10.2. The molecular formula is C10H10F3NO2S. The van der Waals surface area contributed by atoms with Crippen molar-refractivity contribution >= 4 is 24.2 Å². The van der Waals surface area contributed by atoms with Gasteiger partial charge in [-0.3, -0.25) is 4.79 Å². The first-order valence-corrected chi connectivity index (χ1v) is 5.17. The molecule has 1 rings (SSSR count). The molecule has 0 atom stereocenters. The topological polar surface area (TPSA) is 38.3 Å². The monoisotopic (exact) mass is 265 g/mol. The van der Waals surface area contributed by atoms with Crippen LogP contribution in [0.2, 0.25) is 0 Å². The van der Waals surface area contributed by atoms with Gasteiger partial charge in [0.25, 0.3) is 0 Å². The number of halogens is 3.